The lowest BCUT2D eigenvalue weighted by molar-refractivity contribution is -0.130. The smallest absolute Gasteiger partial charge is 0.245 e. The summed E-state index contributed by atoms with van der Waals surface area (Å²) in [7, 11) is 0. The summed E-state index contributed by atoms with van der Waals surface area (Å²) in [5.41, 5.74) is 5.17. The predicted molar refractivity (Wildman–Crippen MR) is 48.7 cm³/mol. The van der Waals surface area contributed by atoms with E-state index in [1.807, 2.05) is 0 Å². The van der Waals surface area contributed by atoms with Crippen molar-refractivity contribution in [1.29, 1.82) is 0 Å². The van der Waals surface area contributed by atoms with E-state index in [0.29, 0.717) is 13.1 Å². The number of hydrogen-bond donors (Lipinski definition) is 1. The van der Waals surface area contributed by atoms with Crippen LogP contribution in [0.4, 0.5) is 0 Å². The van der Waals surface area contributed by atoms with Gasteiger partial charge in [0.2, 0.25) is 11.8 Å². The first kappa shape index (κ1) is 9.77. The summed E-state index contributed by atoms with van der Waals surface area (Å²) in [4.78, 5) is 23.7. The molecule has 0 aromatic rings. The Labute approximate surface area is 77.4 Å². The van der Waals surface area contributed by atoms with Gasteiger partial charge >= 0.3 is 0 Å². The van der Waals surface area contributed by atoms with E-state index in [2.05, 4.69) is 6.58 Å². The molecule has 0 spiro atoms. The number of likely N-dealkylation sites (tertiary alicyclic amines) is 1. The van der Waals surface area contributed by atoms with Crippen molar-refractivity contribution in [2.75, 3.05) is 13.1 Å². The second kappa shape index (κ2) is 4.07. The van der Waals surface area contributed by atoms with Crippen molar-refractivity contribution >= 4 is 11.8 Å². The monoisotopic (exact) mass is 182 g/mol. The van der Waals surface area contributed by atoms with Crippen LogP contribution in [-0.4, -0.2) is 29.8 Å². The zero-order valence-corrected chi connectivity index (χ0v) is 7.53. The summed E-state index contributed by atoms with van der Waals surface area (Å²) >= 11 is 0. The lowest BCUT2D eigenvalue weighted by Crippen LogP contribution is -2.43. The molecule has 1 fully saturated rings. The summed E-state index contributed by atoms with van der Waals surface area (Å²) in [5, 5.41) is 0. The Morgan fingerprint density at radius 3 is 2.77 bits per heavy atom. The molecule has 0 saturated carbocycles. The van der Waals surface area contributed by atoms with Gasteiger partial charge in [0.1, 0.15) is 0 Å². The van der Waals surface area contributed by atoms with Crippen molar-refractivity contribution < 1.29 is 9.59 Å². The molecule has 0 aromatic carbocycles. The van der Waals surface area contributed by atoms with Crippen LogP contribution < -0.4 is 5.73 Å². The molecule has 1 saturated heterocycles. The van der Waals surface area contributed by atoms with E-state index in [9.17, 15) is 9.59 Å². The minimum Gasteiger partial charge on any atom is -0.369 e. The Kier molecular flexibility index (Phi) is 3.06. The van der Waals surface area contributed by atoms with E-state index in [0.717, 1.165) is 12.8 Å². The second-order valence-corrected chi connectivity index (χ2v) is 3.23. The number of hydrogen-bond acceptors (Lipinski definition) is 2. The Bertz CT molecular complexity index is 238. The number of nitrogens with zero attached hydrogens (tertiary/aromatic N) is 1. The predicted octanol–water partition coefficient (Wildman–Crippen LogP) is -0.104. The second-order valence-electron chi connectivity index (χ2n) is 3.23. The molecule has 1 rings (SSSR count). The van der Waals surface area contributed by atoms with E-state index in [-0.39, 0.29) is 17.7 Å². The first-order valence-electron chi connectivity index (χ1n) is 4.36. The summed E-state index contributed by atoms with van der Waals surface area (Å²) in [6, 6.07) is 0. The molecule has 0 aliphatic carbocycles. The van der Waals surface area contributed by atoms with E-state index in [1.165, 1.54) is 6.08 Å². The number of primary amides is 1. The van der Waals surface area contributed by atoms with Gasteiger partial charge in [-0.3, -0.25) is 9.59 Å². The van der Waals surface area contributed by atoms with E-state index < -0.39 is 0 Å². The molecular weight excluding hydrogens is 168 g/mol. The van der Waals surface area contributed by atoms with Gasteiger partial charge in [-0.1, -0.05) is 6.58 Å². The fourth-order valence-electron chi connectivity index (χ4n) is 1.54. The summed E-state index contributed by atoms with van der Waals surface area (Å²) in [6.45, 7) is 4.55. The minimum absolute atomic E-state index is 0.119. The van der Waals surface area contributed by atoms with Gasteiger partial charge in [-0.05, 0) is 18.9 Å². The fraction of sp³-hybridized carbons (Fsp3) is 0.556. The van der Waals surface area contributed by atoms with Gasteiger partial charge in [-0.25, -0.2) is 0 Å². The van der Waals surface area contributed by atoms with Crippen molar-refractivity contribution in [3.05, 3.63) is 12.7 Å². The van der Waals surface area contributed by atoms with Crippen LogP contribution in [0.5, 0.6) is 0 Å². The Morgan fingerprint density at radius 2 is 2.23 bits per heavy atom. The highest BCUT2D eigenvalue weighted by Crippen LogP contribution is 2.15. The third-order valence-corrected chi connectivity index (χ3v) is 2.31. The number of piperidine rings is 1. The standard InChI is InChI=1S/C9H14N2O2/c1-2-8(12)11-5-3-4-7(6-11)9(10)13/h2,7H,1,3-6H2,(H2,10,13)/t7-/m1/s1. The van der Waals surface area contributed by atoms with E-state index in [1.54, 1.807) is 4.90 Å². The molecule has 2 N–H and O–H groups in total. The average molecular weight is 182 g/mol. The summed E-state index contributed by atoms with van der Waals surface area (Å²) in [6.07, 6.45) is 2.90. The van der Waals surface area contributed by atoms with Crippen molar-refractivity contribution in [2.24, 2.45) is 11.7 Å². The third-order valence-electron chi connectivity index (χ3n) is 2.31. The number of amides is 2. The minimum atomic E-state index is -0.318. The van der Waals surface area contributed by atoms with E-state index in [4.69, 9.17) is 5.73 Å². The van der Waals surface area contributed by atoms with Crippen LogP contribution in [0.3, 0.4) is 0 Å². The van der Waals surface area contributed by atoms with Gasteiger partial charge in [-0.15, -0.1) is 0 Å². The average Bonchev–Trinajstić information content (AvgIpc) is 2.17. The Balaban J connectivity index is 2.56. The quantitative estimate of drug-likeness (QED) is 0.606. The molecule has 2 amide bonds. The van der Waals surface area contributed by atoms with Crippen LogP contribution in [0.15, 0.2) is 12.7 Å². The molecule has 72 valence electrons. The first-order valence-corrected chi connectivity index (χ1v) is 4.36. The van der Waals surface area contributed by atoms with Crippen LogP contribution in [0.1, 0.15) is 12.8 Å². The normalized spacial score (nSPS) is 22.5. The lowest BCUT2D eigenvalue weighted by atomic mass is 9.97. The highest BCUT2D eigenvalue weighted by atomic mass is 16.2. The molecule has 0 radical (unpaired) electrons. The largest absolute Gasteiger partial charge is 0.369 e. The fourth-order valence-corrected chi connectivity index (χ4v) is 1.54. The molecule has 1 heterocycles. The molecule has 1 aliphatic heterocycles. The molecule has 1 atom stereocenters. The number of carbonyl (C=O) groups is 2. The molecule has 4 nitrogen and oxygen atoms in total. The summed E-state index contributed by atoms with van der Waals surface area (Å²) in [5.74, 6) is -0.620. The highest BCUT2D eigenvalue weighted by molar-refractivity contribution is 5.87. The van der Waals surface area contributed by atoms with Gasteiger partial charge < -0.3 is 10.6 Å². The molecule has 0 bridgehead atoms. The maximum Gasteiger partial charge on any atom is 0.245 e. The molecule has 4 heteroatoms. The number of rotatable bonds is 2. The van der Waals surface area contributed by atoms with Crippen molar-refractivity contribution in [3.8, 4) is 0 Å². The van der Waals surface area contributed by atoms with E-state index >= 15 is 0 Å². The van der Waals surface area contributed by atoms with Gasteiger partial charge in [-0.2, -0.15) is 0 Å². The van der Waals surface area contributed by atoms with Crippen molar-refractivity contribution in [1.82, 2.24) is 4.90 Å². The van der Waals surface area contributed by atoms with Crippen molar-refractivity contribution in [2.45, 2.75) is 12.8 Å². The molecule has 1 aliphatic rings. The van der Waals surface area contributed by atoms with Crippen LogP contribution in [0, 0.1) is 5.92 Å². The number of carbonyl (C=O) groups excluding carboxylic acids is 2. The van der Waals surface area contributed by atoms with Crippen LogP contribution in [-0.2, 0) is 9.59 Å². The highest BCUT2D eigenvalue weighted by Gasteiger charge is 2.25. The third kappa shape index (κ3) is 2.31. The van der Waals surface area contributed by atoms with Crippen LogP contribution >= 0.6 is 0 Å². The van der Waals surface area contributed by atoms with Gasteiger partial charge in [0, 0.05) is 13.1 Å². The molecule has 0 unspecified atom stereocenters. The van der Waals surface area contributed by atoms with Gasteiger partial charge in [0.05, 0.1) is 5.92 Å². The van der Waals surface area contributed by atoms with Crippen LogP contribution in [0.2, 0.25) is 0 Å². The van der Waals surface area contributed by atoms with Gasteiger partial charge in [0.25, 0.3) is 0 Å². The lowest BCUT2D eigenvalue weighted by Gasteiger charge is -2.30. The summed E-state index contributed by atoms with van der Waals surface area (Å²) < 4.78 is 0. The maximum atomic E-state index is 11.2. The SMILES string of the molecule is C=CC(=O)N1CCC[C@@H](C(N)=O)C1. The topological polar surface area (TPSA) is 63.4 Å². The molecule has 13 heavy (non-hydrogen) atoms. The molecule has 0 aromatic heterocycles. The molecular formula is C9H14N2O2. The first-order chi connectivity index (χ1) is 6.15. The van der Waals surface area contributed by atoms with Crippen molar-refractivity contribution in [3.63, 3.8) is 0 Å². The number of nitrogens with two attached hydrogens (primary N) is 1. The zero-order chi connectivity index (χ0) is 9.84. The maximum absolute atomic E-state index is 11.2. The Morgan fingerprint density at radius 1 is 1.54 bits per heavy atom. The van der Waals surface area contributed by atoms with Crippen LogP contribution in [0.25, 0.3) is 0 Å². The zero-order valence-electron chi connectivity index (χ0n) is 7.53. The van der Waals surface area contributed by atoms with Gasteiger partial charge in [0.15, 0.2) is 0 Å². The Hall–Kier alpha value is -1.32.